The van der Waals surface area contributed by atoms with Crippen molar-refractivity contribution in [3.8, 4) is 0 Å². The Morgan fingerprint density at radius 2 is 2.23 bits per heavy atom. The molecule has 3 aromatic heterocycles. The molecule has 0 atom stereocenters. The molecule has 0 saturated carbocycles. The van der Waals surface area contributed by atoms with Gasteiger partial charge in [0, 0.05) is 16.5 Å². The molecule has 112 valence electrons. The Hall–Kier alpha value is -1.69. The molecule has 0 N–H and O–H groups in total. The highest BCUT2D eigenvalue weighted by Gasteiger charge is 2.17. The van der Waals surface area contributed by atoms with Crippen LogP contribution in [0.25, 0.3) is 12.2 Å². The summed E-state index contributed by atoms with van der Waals surface area (Å²) in [5.41, 5.74) is 2.28. The molecule has 3 aromatic rings. The first-order valence-corrected chi connectivity index (χ1v) is 8.90. The Labute approximate surface area is 141 Å². The fourth-order valence-electron chi connectivity index (χ4n) is 2.08. The fraction of sp³-hybridized carbons (Fsp3) is 0.125. The van der Waals surface area contributed by atoms with Gasteiger partial charge in [-0.3, -0.25) is 4.79 Å². The van der Waals surface area contributed by atoms with E-state index in [2.05, 4.69) is 5.10 Å². The zero-order valence-corrected chi connectivity index (χ0v) is 14.2. The van der Waals surface area contributed by atoms with Crippen molar-refractivity contribution in [2.24, 2.45) is 0 Å². The van der Waals surface area contributed by atoms with Crippen molar-refractivity contribution in [2.45, 2.75) is 13.3 Å². The first-order valence-electron chi connectivity index (χ1n) is 6.77. The zero-order valence-electron chi connectivity index (χ0n) is 11.8. The van der Waals surface area contributed by atoms with Crippen LogP contribution in [0.5, 0.6) is 0 Å². The maximum Gasteiger partial charge on any atom is 0.279 e. The van der Waals surface area contributed by atoms with Crippen LogP contribution in [0.1, 0.15) is 33.4 Å². The van der Waals surface area contributed by atoms with Gasteiger partial charge in [0.15, 0.2) is 0 Å². The molecule has 0 aliphatic carbocycles. The third kappa shape index (κ3) is 3.06. The van der Waals surface area contributed by atoms with E-state index in [-0.39, 0.29) is 5.91 Å². The lowest BCUT2D eigenvalue weighted by Gasteiger charge is -2.01. The molecule has 0 aromatic carbocycles. The number of carbonyl (C=O) groups excluding carboxylic acids is 1. The summed E-state index contributed by atoms with van der Waals surface area (Å²) in [4.78, 5) is 13.7. The molecule has 3 heterocycles. The fourth-order valence-corrected chi connectivity index (χ4v) is 3.93. The van der Waals surface area contributed by atoms with Crippen molar-refractivity contribution in [2.75, 3.05) is 0 Å². The Balaban J connectivity index is 1.82. The van der Waals surface area contributed by atoms with Gasteiger partial charge in [0.25, 0.3) is 5.91 Å². The van der Waals surface area contributed by atoms with Crippen LogP contribution in [0.4, 0.5) is 0 Å². The Morgan fingerprint density at radius 1 is 1.36 bits per heavy atom. The summed E-state index contributed by atoms with van der Waals surface area (Å²) in [6.07, 6.45) is 6.30. The highest BCUT2D eigenvalue weighted by molar-refractivity contribution is 7.14. The normalized spacial score (nSPS) is 11.4. The number of hydrogen-bond donors (Lipinski definition) is 0. The molecule has 22 heavy (non-hydrogen) atoms. The second-order valence-electron chi connectivity index (χ2n) is 4.59. The number of aromatic nitrogens is 2. The van der Waals surface area contributed by atoms with Gasteiger partial charge in [-0.1, -0.05) is 24.6 Å². The smallest absolute Gasteiger partial charge is 0.267 e. The molecule has 0 radical (unpaired) electrons. The van der Waals surface area contributed by atoms with Gasteiger partial charge in [-0.25, -0.2) is 4.68 Å². The van der Waals surface area contributed by atoms with Crippen LogP contribution in [0.2, 0.25) is 4.34 Å². The lowest BCUT2D eigenvalue weighted by atomic mass is 10.1. The van der Waals surface area contributed by atoms with Gasteiger partial charge in [-0.2, -0.15) is 5.10 Å². The molecule has 0 aliphatic heterocycles. The summed E-state index contributed by atoms with van der Waals surface area (Å²) in [6, 6.07) is 5.85. The molecular weight excluding hydrogens is 336 g/mol. The van der Waals surface area contributed by atoms with E-state index in [1.54, 1.807) is 22.9 Å². The molecule has 0 bridgehead atoms. The van der Waals surface area contributed by atoms with Gasteiger partial charge in [0.05, 0.1) is 15.6 Å². The van der Waals surface area contributed by atoms with Gasteiger partial charge in [-0.05, 0) is 41.6 Å². The zero-order chi connectivity index (χ0) is 15.5. The summed E-state index contributed by atoms with van der Waals surface area (Å²) in [5, 5.41) is 8.14. The molecule has 0 unspecified atom stereocenters. The molecule has 0 aliphatic rings. The monoisotopic (exact) mass is 348 g/mol. The second-order valence-corrected chi connectivity index (χ2v) is 7.06. The molecule has 0 amide bonds. The summed E-state index contributed by atoms with van der Waals surface area (Å²) < 4.78 is 2.04. The predicted molar refractivity (Wildman–Crippen MR) is 93.9 cm³/mol. The molecule has 3 rings (SSSR count). The number of rotatable bonds is 4. The van der Waals surface area contributed by atoms with Crippen LogP contribution in [0, 0.1) is 0 Å². The van der Waals surface area contributed by atoms with Crippen LogP contribution in [-0.4, -0.2) is 15.7 Å². The highest BCUT2D eigenvalue weighted by atomic mass is 35.5. The summed E-state index contributed by atoms with van der Waals surface area (Å²) in [5.74, 6) is -0.143. The van der Waals surface area contributed by atoms with Crippen molar-refractivity contribution in [3.05, 3.63) is 61.2 Å². The number of nitrogens with zero attached hydrogens (tertiary/aromatic N) is 2. The number of halogens is 1. The van der Waals surface area contributed by atoms with E-state index in [0.717, 1.165) is 22.6 Å². The Morgan fingerprint density at radius 3 is 2.95 bits per heavy atom. The van der Waals surface area contributed by atoms with Crippen molar-refractivity contribution in [1.82, 2.24) is 9.78 Å². The predicted octanol–water partition coefficient (Wildman–Crippen LogP) is 5.08. The summed E-state index contributed by atoms with van der Waals surface area (Å²) in [7, 11) is 0. The quantitative estimate of drug-likeness (QED) is 0.659. The van der Waals surface area contributed by atoms with Crippen molar-refractivity contribution in [3.63, 3.8) is 0 Å². The average Bonchev–Trinajstić information content (AvgIpc) is 3.25. The van der Waals surface area contributed by atoms with Crippen LogP contribution in [0.15, 0.2) is 35.2 Å². The Kier molecular flexibility index (Phi) is 4.57. The molecule has 3 nitrogen and oxygen atoms in total. The second kappa shape index (κ2) is 6.60. The molecule has 6 heteroatoms. The van der Waals surface area contributed by atoms with E-state index in [1.807, 2.05) is 42.7 Å². The largest absolute Gasteiger partial charge is 0.279 e. The standard InChI is InChI=1S/C16H13ClN2OS2/c1-2-13-14(10-22-15(13)17)16(20)19-8-7-11(18-19)5-6-12-4-3-9-21-12/h3-10H,2H2,1H3/b6-5+. The van der Waals surface area contributed by atoms with E-state index >= 15 is 0 Å². The molecule has 0 fully saturated rings. The van der Waals surface area contributed by atoms with Crippen LogP contribution in [-0.2, 0) is 6.42 Å². The first-order chi connectivity index (χ1) is 10.7. The van der Waals surface area contributed by atoms with E-state index < -0.39 is 0 Å². The lowest BCUT2D eigenvalue weighted by molar-refractivity contribution is 0.0944. The summed E-state index contributed by atoms with van der Waals surface area (Å²) in [6.45, 7) is 1.99. The molecular formula is C16H13ClN2OS2. The third-order valence-electron chi connectivity index (χ3n) is 3.21. The average molecular weight is 349 g/mol. The Bertz CT molecular complexity index is 815. The highest BCUT2D eigenvalue weighted by Crippen LogP contribution is 2.28. The third-order valence-corrected chi connectivity index (χ3v) is 5.35. The van der Waals surface area contributed by atoms with Crippen molar-refractivity contribution in [1.29, 1.82) is 0 Å². The minimum Gasteiger partial charge on any atom is -0.267 e. The van der Waals surface area contributed by atoms with Gasteiger partial charge in [0.2, 0.25) is 0 Å². The number of carbonyl (C=O) groups is 1. The summed E-state index contributed by atoms with van der Waals surface area (Å²) >= 11 is 9.16. The van der Waals surface area contributed by atoms with Gasteiger partial charge in [0.1, 0.15) is 0 Å². The minimum atomic E-state index is -0.143. The van der Waals surface area contributed by atoms with Crippen LogP contribution in [0.3, 0.4) is 0 Å². The van der Waals surface area contributed by atoms with E-state index in [0.29, 0.717) is 9.90 Å². The minimum absolute atomic E-state index is 0.143. The van der Waals surface area contributed by atoms with Gasteiger partial charge >= 0.3 is 0 Å². The van der Waals surface area contributed by atoms with E-state index in [4.69, 9.17) is 11.6 Å². The van der Waals surface area contributed by atoms with E-state index in [1.165, 1.54) is 16.0 Å². The van der Waals surface area contributed by atoms with E-state index in [9.17, 15) is 4.79 Å². The number of thiophene rings is 2. The van der Waals surface area contributed by atoms with Gasteiger partial charge < -0.3 is 0 Å². The van der Waals surface area contributed by atoms with Crippen molar-refractivity contribution < 1.29 is 4.79 Å². The van der Waals surface area contributed by atoms with Crippen LogP contribution < -0.4 is 0 Å². The molecule has 0 saturated heterocycles. The van der Waals surface area contributed by atoms with Crippen LogP contribution >= 0.6 is 34.3 Å². The number of hydrogen-bond acceptors (Lipinski definition) is 4. The lowest BCUT2D eigenvalue weighted by Crippen LogP contribution is -2.13. The van der Waals surface area contributed by atoms with Gasteiger partial charge in [-0.15, -0.1) is 22.7 Å². The molecule has 0 spiro atoms. The topological polar surface area (TPSA) is 34.9 Å². The maximum atomic E-state index is 12.5. The SMILES string of the molecule is CCc1c(C(=O)n2ccc(/C=C/c3cccs3)n2)csc1Cl. The first kappa shape index (κ1) is 15.2. The maximum absolute atomic E-state index is 12.5. The van der Waals surface area contributed by atoms with Crippen molar-refractivity contribution >= 4 is 52.3 Å².